The molecule has 0 aromatic heterocycles. The molecule has 0 aliphatic carbocycles. The Hall–Kier alpha value is -1.90. The van der Waals surface area contributed by atoms with Crippen LogP contribution in [0.3, 0.4) is 0 Å². The lowest BCUT2D eigenvalue weighted by molar-refractivity contribution is -0.121. The number of carbonyl (C=O) groups is 1. The third-order valence-electron chi connectivity index (χ3n) is 4.19. The summed E-state index contributed by atoms with van der Waals surface area (Å²) >= 11 is 3.37. The third kappa shape index (κ3) is 5.31. The molecule has 1 N–H and O–H groups in total. The van der Waals surface area contributed by atoms with E-state index in [1.165, 1.54) is 26.3 Å². The van der Waals surface area contributed by atoms with Gasteiger partial charge >= 0.3 is 0 Å². The molecule has 6 nitrogen and oxygen atoms in total. The van der Waals surface area contributed by atoms with Gasteiger partial charge in [0.25, 0.3) is 0 Å². The summed E-state index contributed by atoms with van der Waals surface area (Å²) in [6.45, 7) is 3.35. The van der Waals surface area contributed by atoms with Crippen LogP contribution in [0.4, 0.5) is 0 Å². The van der Waals surface area contributed by atoms with Crippen LogP contribution in [0.1, 0.15) is 24.1 Å². The van der Waals surface area contributed by atoms with Crippen molar-refractivity contribution in [2.45, 2.75) is 24.8 Å². The largest absolute Gasteiger partial charge is 0.496 e. The van der Waals surface area contributed by atoms with Gasteiger partial charge in [-0.2, -0.15) is 4.31 Å². The van der Waals surface area contributed by atoms with E-state index in [1.54, 1.807) is 13.0 Å². The highest BCUT2D eigenvalue weighted by Crippen LogP contribution is 2.23. The van der Waals surface area contributed by atoms with Gasteiger partial charge in [-0.25, -0.2) is 8.42 Å². The first-order valence-corrected chi connectivity index (χ1v) is 10.5. The second-order valence-corrected chi connectivity index (χ2v) is 9.19. The SMILES string of the molecule is COc1ccc(S(=O)(=O)N(C)CC(=O)N[C@H](C)c2ccc(Br)cc2)cc1C. The third-order valence-corrected chi connectivity index (χ3v) is 6.52. The maximum absolute atomic E-state index is 12.7. The molecule has 0 aliphatic heterocycles. The maximum Gasteiger partial charge on any atom is 0.243 e. The first kappa shape index (κ1) is 21.4. The number of likely N-dealkylation sites (N-methyl/N-ethyl adjacent to an activating group) is 1. The van der Waals surface area contributed by atoms with Crippen molar-refractivity contribution in [1.82, 2.24) is 9.62 Å². The number of rotatable bonds is 7. The molecule has 0 saturated heterocycles. The topological polar surface area (TPSA) is 75.7 Å². The number of amides is 1. The van der Waals surface area contributed by atoms with Crippen molar-refractivity contribution in [2.75, 3.05) is 20.7 Å². The van der Waals surface area contributed by atoms with Gasteiger partial charge in [0.05, 0.1) is 24.6 Å². The van der Waals surface area contributed by atoms with Crippen LogP contribution in [-0.4, -0.2) is 39.3 Å². The first-order chi connectivity index (χ1) is 12.6. The average Bonchev–Trinajstić information content (AvgIpc) is 2.61. The number of hydrogen-bond acceptors (Lipinski definition) is 4. The molecule has 2 rings (SSSR count). The minimum Gasteiger partial charge on any atom is -0.496 e. The Labute approximate surface area is 168 Å². The van der Waals surface area contributed by atoms with Crippen LogP contribution in [0, 0.1) is 6.92 Å². The van der Waals surface area contributed by atoms with Gasteiger partial charge in [-0.3, -0.25) is 4.79 Å². The van der Waals surface area contributed by atoms with Gasteiger partial charge in [0, 0.05) is 11.5 Å². The molecule has 27 heavy (non-hydrogen) atoms. The van der Waals surface area contributed by atoms with Crippen LogP contribution < -0.4 is 10.1 Å². The molecule has 146 valence electrons. The summed E-state index contributed by atoms with van der Waals surface area (Å²) in [5.74, 6) is 0.236. The molecule has 0 heterocycles. The van der Waals surface area contributed by atoms with Crippen LogP contribution in [0.2, 0.25) is 0 Å². The van der Waals surface area contributed by atoms with E-state index in [1.807, 2.05) is 31.2 Å². The normalized spacial score (nSPS) is 12.7. The number of hydrogen-bond donors (Lipinski definition) is 1. The molecule has 1 amide bonds. The number of carbonyl (C=O) groups excluding carboxylic acids is 1. The van der Waals surface area contributed by atoms with E-state index in [-0.39, 0.29) is 23.4 Å². The van der Waals surface area contributed by atoms with E-state index < -0.39 is 10.0 Å². The number of nitrogens with zero attached hydrogens (tertiary/aromatic N) is 1. The Bertz CT molecular complexity index is 914. The fraction of sp³-hybridized carbons (Fsp3) is 0.316. The van der Waals surface area contributed by atoms with Crippen LogP contribution in [0.15, 0.2) is 51.8 Å². The molecular weight excluding hydrogens is 432 g/mol. The predicted octanol–water partition coefficient (Wildman–Crippen LogP) is 3.26. The molecule has 2 aromatic rings. The minimum atomic E-state index is -3.78. The Morgan fingerprint density at radius 3 is 2.41 bits per heavy atom. The van der Waals surface area contributed by atoms with Crippen molar-refractivity contribution in [3.63, 3.8) is 0 Å². The molecule has 0 radical (unpaired) electrons. The quantitative estimate of drug-likeness (QED) is 0.696. The second kappa shape index (κ2) is 8.86. The summed E-state index contributed by atoms with van der Waals surface area (Å²) in [5.41, 5.74) is 1.64. The lowest BCUT2D eigenvalue weighted by atomic mass is 10.1. The van der Waals surface area contributed by atoms with E-state index in [0.29, 0.717) is 11.3 Å². The van der Waals surface area contributed by atoms with Crippen LogP contribution in [0.5, 0.6) is 5.75 Å². The van der Waals surface area contributed by atoms with Crippen molar-refractivity contribution >= 4 is 31.9 Å². The van der Waals surface area contributed by atoms with E-state index in [0.717, 1.165) is 14.3 Å². The Kier molecular flexibility index (Phi) is 7.02. The van der Waals surface area contributed by atoms with Crippen molar-refractivity contribution < 1.29 is 17.9 Å². The Morgan fingerprint density at radius 2 is 1.85 bits per heavy atom. The minimum absolute atomic E-state index is 0.122. The first-order valence-electron chi connectivity index (χ1n) is 8.31. The molecule has 0 fully saturated rings. The van der Waals surface area contributed by atoms with Crippen molar-refractivity contribution in [3.05, 3.63) is 58.1 Å². The van der Waals surface area contributed by atoms with E-state index in [4.69, 9.17) is 4.74 Å². The number of benzene rings is 2. The second-order valence-electron chi connectivity index (χ2n) is 6.23. The van der Waals surface area contributed by atoms with Crippen molar-refractivity contribution in [2.24, 2.45) is 0 Å². The van der Waals surface area contributed by atoms with Crippen molar-refractivity contribution in [3.8, 4) is 5.75 Å². The lowest BCUT2D eigenvalue weighted by Gasteiger charge is -2.20. The Morgan fingerprint density at radius 1 is 1.22 bits per heavy atom. The fourth-order valence-electron chi connectivity index (χ4n) is 2.60. The van der Waals surface area contributed by atoms with Gasteiger partial charge in [-0.05, 0) is 55.3 Å². The smallest absolute Gasteiger partial charge is 0.243 e. The van der Waals surface area contributed by atoms with Crippen LogP contribution >= 0.6 is 15.9 Å². The highest BCUT2D eigenvalue weighted by Gasteiger charge is 2.24. The zero-order valence-corrected chi connectivity index (χ0v) is 18.1. The van der Waals surface area contributed by atoms with Gasteiger partial charge in [0.2, 0.25) is 15.9 Å². The summed E-state index contributed by atoms with van der Waals surface area (Å²) in [6.07, 6.45) is 0. The molecule has 1 atom stereocenters. The molecule has 0 aliphatic rings. The number of aryl methyl sites for hydroxylation is 1. The molecule has 0 bridgehead atoms. The van der Waals surface area contributed by atoms with E-state index in [2.05, 4.69) is 21.2 Å². The maximum atomic E-state index is 12.7. The summed E-state index contributed by atoms with van der Waals surface area (Å²) in [7, 11) is -0.862. The van der Waals surface area contributed by atoms with Gasteiger partial charge in [0.1, 0.15) is 5.75 Å². The molecule has 2 aromatic carbocycles. The molecular formula is C19H23BrN2O4S. The molecule has 8 heteroatoms. The van der Waals surface area contributed by atoms with Crippen molar-refractivity contribution in [1.29, 1.82) is 0 Å². The lowest BCUT2D eigenvalue weighted by Crippen LogP contribution is -2.39. The number of nitrogens with one attached hydrogen (secondary N) is 1. The number of methoxy groups -OCH3 is 1. The number of sulfonamides is 1. The highest BCUT2D eigenvalue weighted by atomic mass is 79.9. The summed E-state index contributed by atoms with van der Waals surface area (Å²) < 4.78 is 32.6. The highest BCUT2D eigenvalue weighted by molar-refractivity contribution is 9.10. The van der Waals surface area contributed by atoms with Gasteiger partial charge in [-0.1, -0.05) is 28.1 Å². The Balaban J connectivity index is 2.06. The fourth-order valence-corrected chi connectivity index (χ4v) is 4.08. The van der Waals surface area contributed by atoms with Crippen LogP contribution in [-0.2, 0) is 14.8 Å². The number of ether oxygens (including phenoxy) is 1. The average molecular weight is 455 g/mol. The zero-order chi connectivity index (χ0) is 20.2. The number of halogens is 1. The van der Waals surface area contributed by atoms with Gasteiger partial charge in [-0.15, -0.1) is 0 Å². The zero-order valence-electron chi connectivity index (χ0n) is 15.7. The summed E-state index contributed by atoms with van der Waals surface area (Å²) in [4.78, 5) is 12.4. The summed E-state index contributed by atoms with van der Waals surface area (Å²) in [5, 5.41) is 2.82. The monoisotopic (exact) mass is 454 g/mol. The predicted molar refractivity (Wildman–Crippen MR) is 108 cm³/mol. The molecule has 0 saturated carbocycles. The molecule has 0 spiro atoms. The van der Waals surface area contributed by atoms with Gasteiger partial charge in [0.15, 0.2) is 0 Å². The van der Waals surface area contributed by atoms with Gasteiger partial charge < -0.3 is 10.1 Å². The standard InChI is InChI=1S/C19H23BrN2O4S/c1-13-11-17(9-10-18(13)26-4)27(24,25)22(3)12-19(23)21-14(2)15-5-7-16(20)8-6-15/h5-11,14H,12H2,1-4H3,(H,21,23)/t14-/m1/s1. The van der Waals surface area contributed by atoms with E-state index in [9.17, 15) is 13.2 Å². The van der Waals surface area contributed by atoms with E-state index >= 15 is 0 Å². The summed E-state index contributed by atoms with van der Waals surface area (Å²) in [6, 6.07) is 12.0. The van der Waals surface area contributed by atoms with Crippen LogP contribution in [0.25, 0.3) is 0 Å². The molecule has 0 unspecified atom stereocenters.